The maximum atomic E-state index is 11.7. The highest BCUT2D eigenvalue weighted by Gasteiger charge is 2.49. The van der Waals surface area contributed by atoms with Crippen LogP contribution >= 0.6 is 0 Å². The molecule has 0 spiro atoms. The maximum Gasteiger partial charge on any atom is 0.315 e. The van der Waals surface area contributed by atoms with E-state index in [1.54, 1.807) is 14.0 Å². The van der Waals surface area contributed by atoms with Crippen molar-refractivity contribution in [3.63, 3.8) is 0 Å². The van der Waals surface area contributed by atoms with Crippen molar-refractivity contribution in [1.29, 1.82) is 0 Å². The molecule has 0 aromatic carbocycles. The predicted molar refractivity (Wildman–Crippen MR) is 70.9 cm³/mol. The first-order valence-electron chi connectivity index (χ1n) is 6.59. The van der Waals surface area contributed by atoms with Crippen LogP contribution < -0.4 is 10.6 Å². The minimum Gasteiger partial charge on any atom is -0.481 e. The van der Waals surface area contributed by atoms with E-state index in [0.29, 0.717) is 13.0 Å². The average molecular weight is 272 g/mol. The number of amides is 2. The molecule has 0 radical (unpaired) electrons. The fraction of sp³-hybridized carbons (Fsp3) is 0.846. The van der Waals surface area contributed by atoms with Crippen molar-refractivity contribution in [2.75, 3.05) is 13.7 Å². The molecule has 1 aliphatic carbocycles. The quantitative estimate of drug-likeness (QED) is 0.678. The highest BCUT2D eigenvalue weighted by atomic mass is 16.5. The Labute approximate surface area is 113 Å². The number of nitrogens with one attached hydrogen (secondary N) is 2. The van der Waals surface area contributed by atoms with Gasteiger partial charge in [-0.2, -0.15) is 0 Å². The third kappa shape index (κ3) is 3.83. The lowest BCUT2D eigenvalue weighted by atomic mass is 9.64. The molecule has 3 N–H and O–H groups in total. The standard InChI is InChI=1S/C13H24N2O4/c1-8(11(16)17)5-6-14-12(18)15-9-7-10(19-4)13(9,2)3/h8-10H,5-7H2,1-4H3,(H,16,17)(H2,14,15,18). The molecule has 3 atom stereocenters. The van der Waals surface area contributed by atoms with Gasteiger partial charge in [0.25, 0.3) is 0 Å². The van der Waals surface area contributed by atoms with E-state index in [9.17, 15) is 9.59 Å². The van der Waals surface area contributed by atoms with Gasteiger partial charge in [-0.05, 0) is 12.8 Å². The fourth-order valence-corrected chi connectivity index (χ4v) is 2.27. The van der Waals surface area contributed by atoms with Crippen LogP contribution in [0.2, 0.25) is 0 Å². The molecule has 6 nitrogen and oxygen atoms in total. The smallest absolute Gasteiger partial charge is 0.315 e. The molecule has 1 fully saturated rings. The molecule has 3 unspecified atom stereocenters. The van der Waals surface area contributed by atoms with Crippen LogP contribution in [0.1, 0.15) is 33.6 Å². The van der Waals surface area contributed by atoms with Gasteiger partial charge in [-0.3, -0.25) is 4.79 Å². The Morgan fingerprint density at radius 1 is 1.47 bits per heavy atom. The summed E-state index contributed by atoms with van der Waals surface area (Å²) < 4.78 is 5.32. The molecule has 19 heavy (non-hydrogen) atoms. The first-order valence-corrected chi connectivity index (χ1v) is 6.59. The van der Waals surface area contributed by atoms with Crippen molar-refractivity contribution in [2.45, 2.75) is 45.8 Å². The second-order valence-corrected chi connectivity index (χ2v) is 5.76. The Morgan fingerprint density at radius 3 is 2.58 bits per heavy atom. The topological polar surface area (TPSA) is 87.7 Å². The van der Waals surface area contributed by atoms with Gasteiger partial charge < -0.3 is 20.5 Å². The van der Waals surface area contributed by atoms with Crippen LogP contribution in [-0.4, -0.2) is 42.9 Å². The zero-order chi connectivity index (χ0) is 14.6. The summed E-state index contributed by atoms with van der Waals surface area (Å²) in [7, 11) is 1.68. The largest absolute Gasteiger partial charge is 0.481 e. The van der Waals surface area contributed by atoms with E-state index in [1.807, 2.05) is 0 Å². The van der Waals surface area contributed by atoms with Crippen LogP contribution in [0.25, 0.3) is 0 Å². The molecule has 1 saturated carbocycles. The number of aliphatic carboxylic acids is 1. The summed E-state index contributed by atoms with van der Waals surface area (Å²) in [5.41, 5.74) is -0.0690. The summed E-state index contributed by atoms with van der Waals surface area (Å²) >= 11 is 0. The lowest BCUT2D eigenvalue weighted by Gasteiger charge is -2.51. The van der Waals surface area contributed by atoms with Crippen LogP contribution in [-0.2, 0) is 9.53 Å². The molecular weight excluding hydrogens is 248 g/mol. The van der Waals surface area contributed by atoms with E-state index in [1.165, 1.54) is 0 Å². The van der Waals surface area contributed by atoms with Gasteiger partial charge in [-0.15, -0.1) is 0 Å². The van der Waals surface area contributed by atoms with Gasteiger partial charge in [-0.1, -0.05) is 20.8 Å². The first kappa shape index (κ1) is 15.8. The molecule has 1 aliphatic rings. The number of carbonyl (C=O) groups excluding carboxylic acids is 1. The molecule has 0 bridgehead atoms. The Bertz CT molecular complexity index is 344. The number of ether oxygens (including phenoxy) is 1. The summed E-state index contributed by atoms with van der Waals surface area (Å²) in [6.07, 6.45) is 1.41. The zero-order valence-electron chi connectivity index (χ0n) is 12.0. The first-order chi connectivity index (χ1) is 8.78. The van der Waals surface area contributed by atoms with E-state index in [2.05, 4.69) is 24.5 Å². The highest BCUT2D eigenvalue weighted by molar-refractivity contribution is 5.74. The van der Waals surface area contributed by atoms with Gasteiger partial charge in [0.05, 0.1) is 12.0 Å². The molecule has 6 heteroatoms. The normalized spacial score (nSPS) is 26.1. The second kappa shape index (κ2) is 6.23. The summed E-state index contributed by atoms with van der Waals surface area (Å²) in [5.74, 6) is -1.29. The Balaban J connectivity index is 2.24. The number of rotatable bonds is 6. The molecule has 2 amide bonds. The van der Waals surface area contributed by atoms with E-state index in [-0.39, 0.29) is 23.6 Å². The van der Waals surface area contributed by atoms with E-state index in [0.717, 1.165) is 6.42 Å². The maximum absolute atomic E-state index is 11.7. The van der Waals surface area contributed by atoms with Gasteiger partial charge in [0.15, 0.2) is 0 Å². The Morgan fingerprint density at radius 2 is 2.11 bits per heavy atom. The number of carboxylic acid groups (broad SMARTS) is 1. The third-order valence-corrected chi connectivity index (χ3v) is 4.05. The van der Waals surface area contributed by atoms with E-state index < -0.39 is 11.9 Å². The molecule has 1 rings (SSSR count). The van der Waals surface area contributed by atoms with Gasteiger partial charge in [-0.25, -0.2) is 4.79 Å². The van der Waals surface area contributed by atoms with Crippen molar-refractivity contribution in [1.82, 2.24) is 10.6 Å². The molecule has 0 saturated heterocycles. The molecule has 0 aromatic rings. The third-order valence-electron chi connectivity index (χ3n) is 4.05. The molecule has 0 aromatic heterocycles. The summed E-state index contributed by atoms with van der Waals surface area (Å²) in [5, 5.41) is 14.3. The van der Waals surface area contributed by atoms with Crippen molar-refractivity contribution in [3.05, 3.63) is 0 Å². The molecule has 0 heterocycles. The molecular formula is C13H24N2O4. The predicted octanol–water partition coefficient (Wildman–Crippen LogP) is 1.21. The Hall–Kier alpha value is -1.30. The monoisotopic (exact) mass is 272 g/mol. The van der Waals surface area contributed by atoms with Crippen LogP contribution in [0.3, 0.4) is 0 Å². The number of urea groups is 1. The fourth-order valence-electron chi connectivity index (χ4n) is 2.27. The van der Waals surface area contributed by atoms with E-state index in [4.69, 9.17) is 9.84 Å². The number of carboxylic acids is 1. The lowest BCUT2D eigenvalue weighted by Crippen LogP contribution is -2.63. The minimum atomic E-state index is -0.842. The van der Waals surface area contributed by atoms with Crippen molar-refractivity contribution in [3.8, 4) is 0 Å². The van der Waals surface area contributed by atoms with E-state index >= 15 is 0 Å². The summed E-state index contributed by atoms with van der Waals surface area (Å²) in [6, 6.07) is -0.153. The van der Waals surface area contributed by atoms with Crippen LogP contribution in [0, 0.1) is 11.3 Å². The van der Waals surface area contributed by atoms with Crippen molar-refractivity contribution in [2.24, 2.45) is 11.3 Å². The number of methoxy groups -OCH3 is 1. The SMILES string of the molecule is COC1CC(NC(=O)NCCC(C)C(=O)O)C1(C)C. The number of carbonyl (C=O) groups is 2. The Kier molecular flexibility index (Phi) is 5.17. The highest BCUT2D eigenvalue weighted by Crippen LogP contribution is 2.42. The average Bonchev–Trinajstić information content (AvgIpc) is 2.33. The van der Waals surface area contributed by atoms with Gasteiger partial charge in [0.1, 0.15) is 0 Å². The van der Waals surface area contributed by atoms with Crippen molar-refractivity contribution < 1.29 is 19.4 Å². The van der Waals surface area contributed by atoms with Gasteiger partial charge in [0.2, 0.25) is 0 Å². The number of hydrogen-bond acceptors (Lipinski definition) is 3. The minimum absolute atomic E-state index is 0.0690. The van der Waals surface area contributed by atoms with Crippen LogP contribution in [0.5, 0.6) is 0 Å². The second-order valence-electron chi connectivity index (χ2n) is 5.76. The molecule has 0 aliphatic heterocycles. The summed E-state index contributed by atoms with van der Waals surface area (Å²) in [6.45, 7) is 6.10. The van der Waals surface area contributed by atoms with Crippen LogP contribution in [0.4, 0.5) is 4.79 Å². The summed E-state index contributed by atoms with van der Waals surface area (Å²) in [4.78, 5) is 22.3. The number of hydrogen-bond donors (Lipinski definition) is 3. The lowest BCUT2D eigenvalue weighted by molar-refractivity contribution is -0.141. The molecule has 110 valence electrons. The van der Waals surface area contributed by atoms with Gasteiger partial charge >= 0.3 is 12.0 Å². The van der Waals surface area contributed by atoms with Gasteiger partial charge in [0, 0.05) is 25.1 Å². The van der Waals surface area contributed by atoms with Crippen LogP contribution in [0.15, 0.2) is 0 Å². The zero-order valence-corrected chi connectivity index (χ0v) is 12.0. The van der Waals surface area contributed by atoms with Crippen molar-refractivity contribution >= 4 is 12.0 Å².